The average molecular weight is 419 g/mol. The molecule has 31 heavy (non-hydrogen) atoms. The van der Waals surface area contributed by atoms with Gasteiger partial charge in [-0.3, -0.25) is 9.59 Å². The molecule has 2 aliphatic rings. The zero-order valence-electron chi connectivity index (χ0n) is 19.9. The normalized spacial score (nSPS) is 17.8. The monoisotopic (exact) mass is 418 g/mol. The third-order valence-electron chi connectivity index (χ3n) is 5.68. The van der Waals surface area contributed by atoms with Gasteiger partial charge in [-0.25, -0.2) is 0 Å². The van der Waals surface area contributed by atoms with Crippen molar-refractivity contribution in [3.8, 4) is 0 Å². The summed E-state index contributed by atoms with van der Waals surface area (Å²) in [5.41, 5.74) is 3.80. The molecule has 1 aliphatic heterocycles. The van der Waals surface area contributed by atoms with Gasteiger partial charge in [0, 0.05) is 11.1 Å². The van der Waals surface area contributed by atoms with Gasteiger partial charge in [0.1, 0.15) is 0 Å². The van der Waals surface area contributed by atoms with Gasteiger partial charge < -0.3 is 0 Å². The van der Waals surface area contributed by atoms with Crippen LogP contribution in [0.1, 0.15) is 67.7 Å². The zero-order chi connectivity index (χ0) is 23.0. The van der Waals surface area contributed by atoms with Gasteiger partial charge in [-0.05, 0) is 53.5 Å². The van der Waals surface area contributed by atoms with Crippen LogP contribution in [0.2, 0.25) is 0 Å². The summed E-state index contributed by atoms with van der Waals surface area (Å²) in [7, 11) is 0. The van der Waals surface area contributed by atoms with E-state index in [1.165, 1.54) is 5.01 Å². The van der Waals surface area contributed by atoms with E-state index in [4.69, 9.17) is 5.10 Å². The van der Waals surface area contributed by atoms with Crippen LogP contribution in [-0.4, -0.2) is 17.4 Å². The molecule has 1 aromatic rings. The summed E-state index contributed by atoms with van der Waals surface area (Å²) in [4.78, 5) is 26.9. The quantitative estimate of drug-likeness (QED) is 0.531. The Morgan fingerprint density at radius 2 is 1.42 bits per heavy atom. The molecule has 1 aliphatic carbocycles. The van der Waals surface area contributed by atoms with Crippen molar-refractivity contribution in [2.24, 2.45) is 15.9 Å². The van der Waals surface area contributed by atoms with E-state index in [2.05, 4.69) is 6.92 Å². The Kier molecular flexibility index (Phi) is 6.22. The number of anilines is 1. The van der Waals surface area contributed by atoms with E-state index >= 15 is 0 Å². The number of ketones is 1. The lowest BCUT2D eigenvalue weighted by atomic mass is 9.71. The summed E-state index contributed by atoms with van der Waals surface area (Å²) in [5, 5.41) is 6.23. The summed E-state index contributed by atoms with van der Waals surface area (Å²) < 4.78 is 0. The molecule has 0 N–H and O–H groups in total. The molecule has 1 heterocycles. The maximum absolute atomic E-state index is 13.6. The highest BCUT2D eigenvalue weighted by Gasteiger charge is 2.38. The number of unbranched alkanes of at least 4 members (excludes halogenated alkanes) is 1. The van der Waals surface area contributed by atoms with E-state index in [-0.39, 0.29) is 22.5 Å². The van der Waals surface area contributed by atoms with Crippen LogP contribution in [0.25, 0.3) is 0 Å². The number of carbonyl (C=O) groups is 2. The summed E-state index contributed by atoms with van der Waals surface area (Å²) in [5.74, 6) is -0.0579. The minimum atomic E-state index is -0.324. The highest BCUT2D eigenvalue weighted by atomic mass is 16.2. The fourth-order valence-corrected chi connectivity index (χ4v) is 3.89. The minimum Gasteiger partial charge on any atom is -0.289 e. The number of rotatable bonds is 4. The average Bonchev–Trinajstić information content (AvgIpc) is 3.01. The standard InChI is InChI=1S/C27H34N2O2/c1-8-9-15-22-23(25(31)29(28-22)19-13-11-10-12-14-19)18-16-20(26(2,3)4)24(30)21(17-18)27(5,6)7/h10-14,16-17H,8-9,15H2,1-7H3. The number of benzene rings is 1. The second-order valence-corrected chi connectivity index (χ2v) is 10.4. The van der Waals surface area contributed by atoms with Crippen LogP contribution in [0.3, 0.4) is 0 Å². The Balaban J connectivity index is 2.23. The number of Topliss-reactive ketones (excluding diaryl/α,β-unsaturated/α-hetero) is 1. The number of amides is 1. The lowest BCUT2D eigenvalue weighted by molar-refractivity contribution is -0.115. The molecule has 1 amide bonds. The fourth-order valence-electron chi connectivity index (χ4n) is 3.89. The highest BCUT2D eigenvalue weighted by molar-refractivity contribution is 6.31. The molecule has 0 saturated carbocycles. The molecule has 4 heteroatoms. The smallest absolute Gasteiger partial charge is 0.281 e. The van der Waals surface area contributed by atoms with Crippen molar-refractivity contribution in [1.82, 2.24) is 0 Å². The van der Waals surface area contributed by atoms with Gasteiger partial charge in [-0.15, -0.1) is 0 Å². The van der Waals surface area contributed by atoms with Crippen molar-refractivity contribution in [2.75, 3.05) is 5.01 Å². The van der Waals surface area contributed by atoms with Crippen molar-refractivity contribution in [3.63, 3.8) is 0 Å². The van der Waals surface area contributed by atoms with Gasteiger partial charge in [-0.2, -0.15) is 10.1 Å². The first-order valence-electron chi connectivity index (χ1n) is 11.2. The topological polar surface area (TPSA) is 49.7 Å². The van der Waals surface area contributed by atoms with Crippen molar-refractivity contribution in [2.45, 2.75) is 67.7 Å². The summed E-state index contributed by atoms with van der Waals surface area (Å²) in [6.45, 7) is 14.4. The highest BCUT2D eigenvalue weighted by Crippen LogP contribution is 2.40. The van der Waals surface area contributed by atoms with E-state index < -0.39 is 0 Å². The van der Waals surface area contributed by atoms with Crippen LogP contribution in [0.15, 0.2) is 69.9 Å². The van der Waals surface area contributed by atoms with Gasteiger partial charge in [0.25, 0.3) is 5.91 Å². The van der Waals surface area contributed by atoms with Crippen LogP contribution in [0.5, 0.6) is 0 Å². The van der Waals surface area contributed by atoms with Crippen LogP contribution in [0, 0.1) is 10.8 Å². The maximum Gasteiger partial charge on any atom is 0.281 e. The van der Waals surface area contributed by atoms with Crippen LogP contribution in [0.4, 0.5) is 5.69 Å². The number of hydrazone groups is 1. The molecular formula is C27H34N2O2. The van der Waals surface area contributed by atoms with E-state index in [9.17, 15) is 9.59 Å². The van der Waals surface area contributed by atoms with Crippen LogP contribution in [-0.2, 0) is 9.59 Å². The summed E-state index contributed by atoms with van der Waals surface area (Å²) >= 11 is 0. The Labute approximate surface area is 186 Å². The van der Waals surface area contributed by atoms with Crippen molar-refractivity contribution in [1.29, 1.82) is 0 Å². The third-order valence-corrected chi connectivity index (χ3v) is 5.68. The van der Waals surface area contributed by atoms with Crippen molar-refractivity contribution < 1.29 is 9.59 Å². The van der Waals surface area contributed by atoms with Gasteiger partial charge >= 0.3 is 0 Å². The zero-order valence-corrected chi connectivity index (χ0v) is 19.9. The van der Waals surface area contributed by atoms with Crippen molar-refractivity contribution >= 4 is 23.1 Å². The molecule has 0 unspecified atom stereocenters. The summed E-state index contributed by atoms with van der Waals surface area (Å²) in [6, 6.07) is 9.52. The summed E-state index contributed by atoms with van der Waals surface area (Å²) in [6.07, 6.45) is 6.54. The predicted molar refractivity (Wildman–Crippen MR) is 128 cm³/mol. The second kappa shape index (κ2) is 8.41. The van der Waals surface area contributed by atoms with Gasteiger partial charge in [0.05, 0.1) is 17.0 Å². The van der Waals surface area contributed by atoms with Gasteiger partial charge in [0.2, 0.25) is 0 Å². The molecule has 1 aromatic carbocycles. The second-order valence-electron chi connectivity index (χ2n) is 10.4. The molecular weight excluding hydrogens is 384 g/mol. The molecule has 0 spiro atoms. The lowest BCUT2D eigenvalue weighted by Crippen LogP contribution is -2.29. The minimum absolute atomic E-state index is 0.0711. The first-order valence-corrected chi connectivity index (χ1v) is 11.2. The van der Waals surface area contributed by atoms with Crippen molar-refractivity contribution in [3.05, 3.63) is 64.8 Å². The van der Waals surface area contributed by atoms with E-state index in [1.807, 2.05) is 84.0 Å². The van der Waals surface area contributed by atoms with E-state index in [0.717, 1.165) is 47.4 Å². The third kappa shape index (κ3) is 4.63. The molecule has 0 fully saturated rings. The Morgan fingerprint density at radius 1 is 0.871 bits per heavy atom. The molecule has 4 nitrogen and oxygen atoms in total. The fraction of sp³-hybridized carbons (Fsp3) is 0.444. The molecule has 0 aromatic heterocycles. The lowest BCUT2D eigenvalue weighted by Gasteiger charge is -2.31. The predicted octanol–water partition coefficient (Wildman–Crippen LogP) is 6.40. The number of carbonyl (C=O) groups excluding carboxylic acids is 2. The molecule has 164 valence electrons. The Hall–Kier alpha value is -2.75. The molecule has 0 radical (unpaired) electrons. The van der Waals surface area contributed by atoms with Crippen LogP contribution < -0.4 is 5.01 Å². The SMILES string of the molecule is CCCCC1=NN(c2ccccc2)C(=O)C1=C1C=C(C(C)(C)C)C(=O)C(C(C)(C)C)=C1. The first kappa shape index (κ1) is 22.9. The first-order chi connectivity index (χ1) is 14.4. The molecule has 0 bridgehead atoms. The number of hydrogen-bond donors (Lipinski definition) is 0. The maximum atomic E-state index is 13.6. The Bertz CT molecular complexity index is 974. The van der Waals surface area contributed by atoms with E-state index in [1.54, 1.807) is 0 Å². The van der Waals surface area contributed by atoms with E-state index in [0.29, 0.717) is 5.57 Å². The largest absolute Gasteiger partial charge is 0.289 e. The molecule has 0 atom stereocenters. The number of allylic oxidation sites excluding steroid dienone is 5. The number of nitrogens with zero attached hydrogens (tertiary/aromatic N) is 2. The molecule has 3 rings (SSSR count). The van der Waals surface area contributed by atoms with Crippen LogP contribution >= 0.6 is 0 Å². The number of hydrogen-bond acceptors (Lipinski definition) is 3. The van der Waals surface area contributed by atoms with Gasteiger partial charge in [-0.1, -0.05) is 73.1 Å². The van der Waals surface area contributed by atoms with Gasteiger partial charge in [0.15, 0.2) is 5.78 Å². The number of para-hydroxylation sites is 1. The molecule has 0 saturated heterocycles. The Morgan fingerprint density at radius 3 is 1.90 bits per heavy atom.